The van der Waals surface area contributed by atoms with Crippen molar-refractivity contribution in [2.45, 2.75) is 73.5 Å². The van der Waals surface area contributed by atoms with E-state index < -0.39 is 0 Å². The Bertz CT molecular complexity index is 1320. The Kier molecular flexibility index (Phi) is 8.90. The summed E-state index contributed by atoms with van der Waals surface area (Å²) in [5, 5.41) is 0. The van der Waals surface area contributed by atoms with Gasteiger partial charge in [-0.05, 0) is 74.9 Å². The molecule has 0 spiro atoms. The summed E-state index contributed by atoms with van der Waals surface area (Å²) < 4.78 is 6.46. The van der Waals surface area contributed by atoms with Crippen molar-refractivity contribution in [3.05, 3.63) is 69.9 Å². The smallest absolute Gasteiger partial charge is 0.231 e. The maximum Gasteiger partial charge on any atom is 0.231 e. The van der Waals surface area contributed by atoms with E-state index in [4.69, 9.17) is 20.4 Å². The van der Waals surface area contributed by atoms with Crippen LogP contribution in [0.25, 0.3) is 11.4 Å². The van der Waals surface area contributed by atoms with E-state index in [-0.39, 0.29) is 18.5 Å². The van der Waals surface area contributed by atoms with Crippen molar-refractivity contribution >= 4 is 11.7 Å². The number of rotatable bonds is 10. The monoisotopic (exact) mass is 529 g/mol. The van der Waals surface area contributed by atoms with Gasteiger partial charge in [-0.15, -0.1) is 0 Å². The molecule has 2 aromatic carbocycles. The molecule has 1 aromatic heterocycles. The molecule has 0 saturated carbocycles. The van der Waals surface area contributed by atoms with Crippen molar-refractivity contribution in [2.75, 3.05) is 31.1 Å². The SMILES string of the molecule is CCN(CC(N)=O)[C@@H]1CCN(c2nc(-c3c(C)cccc3C)nc(C)c2COc2cc(C(C)C)ccc2C)C1. The lowest BCUT2D eigenvalue weighted by molar-refractivity contribution is -0.119. The molecule has 0 radical (unpaired) electrons. The number of nitrogens with two attached hydrogens (primary N) is 1. The van der Waals surface area contributed by atoms with Crippen LogP contribution in [0.3, 0.4) is 0 Å². The lowest BCUT2D eigenvalue weighted by Gasteiger charge is -2.27. The largest absolute Gasteiger partial charge is 0.488 e. The highest BCUT2D eigenvalue weighted by atomic mass is 16.5. The summed E-state index contributed by atoms with van der Waals surface area (Å²) >= 11 is 0. The Morgan fingerprint density at radius 3 is 2.46 bits per heavy atom. The molecule has 39 heavy (non-hydrogen) atoms. The van der Waals surface area contributed by atoms with Crippen LogP contribution < -0.4 is 15.4 Å². The molecule has 1 atom stereocenters. The molecule has 0 aliphatic carbocycles. The van der Waals surface area contributed by atoms with Gasteiger partial charge < -0.3 is 15.4 Å². The van der Waals surface area contributed by atoms with E-state index >= 15 is 0 Å². The van der Waals surface area contributed by atoms with E-state index in [1.807, 2.05) is 0 Å². The van der Waals surface area contributed by atoms with E-state index in [0.29, 0.717) is 12.5 Å². The number of primary amides is 1. The number of anilines is 1. The minimum absolute atomic E-state index is 0.236. The van der Waals surface area contributed by atoms with Gasteiger partial charge in [0.1, 0.15) is 18.2 Å². The fourth-order valence-corrected chi connectivity index (χ4v) is 5.50. The van der Waals surface area contributed by atoms with Gasteiger partial charge in [0.05, 0.1) is 17.8 Å². The van der Waals surface area contributed by atoms with Gasteiger partial charge in [0.15, 0.2) is 5.82 Å². The summed E-state index contributed by atoms with van der Waals surface area (Å²) in [4.78, 5) is 26.4. The Morgan fingerprint density at radius 1 is 1.10 bits per heavy atom. The van der Waals surface area contributed by atoms with E-state index in [0.717, 1.165) is 77.0 Å². The average molecular weight is 530 g/mol. The maximum absolute atomic E-state index is 11.7. The van der Waals surface area contributed by atoms with Gasteiger partial charge in [0, 0.05) is 24.7 Å². The van der Waals surface area contributed by atoms with Gasteiger partial charge in [-0.25, -0.2) is 9.97 Å². The minimum Gasteiger partial charge on any atom is -0.488 e. The number of aryl methyl sites for hydroxylation is 4. The molecular weight excluding hydrogens is 486 g/mol. The normalized spacial score (nSPS) is 15.4. The maximum atomic E-state index is 11.7. The first-order valence-electron chi connectivity index (χ1n) is 14.0. The predicted molar refractivity (Wildman–Crippen MR) is 158 cm³/mol. The Labute approximate surface area is 233 Å². The zero-order valence-electron chi connectivity index (χ0n) is 24.5. The minimum atomic E-state index is -0.293. The summed E-state index contributed by atoms with van der Waals surface area (Å²) in [6.07, 6.45) is 0.943. The fourth-order valence-electron chi connectivity index (χ4n) is 5.50. The molecule has 1 aliphatic heterocycles. The first-order valence-corrected chi connectivity index (χ1v) is 14.0. The highest BCUT2D eigenvalue weighted by Crippen LogP contribution is 2.33. The molecule has 1 amide bonds. The van der Waals surface area contributed by atoms with Crippen LogP contribution in [0.5, 0.6) is 5.75 Å². The zero-order valence-corrected chi connectivity index (χ0v) is 24.5. The van der Waals surface area contributed by atoms with Crippen molar-refractivity contribution in [2.24, 2.45) is 5.73 Å². The second kappa shape index (κ2) is 12.2. The van der Waals surface area contributed by atoms with E-state index in [1.165, 1.54) is 5.56 Å². The number of likely N-dealkylation sites (N-methyl/N-ethyl adjacent to an activating group) is 1. The summed E-state index contributed by atoms with van der Waals surface area (Å²) in [6.45, 7) is 17.9. The molecule has 1 fully saturated rings. The molecule has 0 bridgehead atoms. The summed E-state index contributed by atoms with van der Waals surface area (Å²) in [6, 6.07) is 13.0. The quantitative estimate of drug-likeness (QED) is 0.375. The Morgan fingerprint density at radius 2 is 1.82 bits per heavy atom. The van der Waals surface area contributed by atoms with Crippen LogP contribution in [-0.2, 0) is 11.4 Å². The van der Waals surface area contributed by atoms with Crippen LogP contribution in [0.15, 0.2) is 36.4 Å². The van der Waals surface area contributed by atoms with Crippen molar-refractivity contribution < 1.29 is 9.53 Å². The zero-order chi connectivity index (χ0) is 28.3. The Balaban J connectivity index is 1.72. The van der Waals surface area contributed by atoms with Gasteiger partial charge >= 0.3 is 0 Å². The molecule has 3 aromatic rings. The van der Waals surface area contributed by atoms with Crippen LogP contribution in [0, 0.1) is 27.7 Å². The molecule has 1 aliphatic rings. The number of carbonyl (C=O) groups excluding carboxylic acids is 1. The summed E-state index contributed by atoms with van der Waals surface area (Å²) in [7, 11) is 0. The van der Waals surface area contributed by atoms with Gasteiger partial charge in [-0.1, -0.05) is 51.1 Å². The number of hydrogen-bond donors (Lipinski definition) is 1. The van der Waals surface area contributed by atoms with Gasteiger partial charge in [-0.3, -0.25) is 9.69 Å². The lowest BCUT2D eigenvalue weighted by atomic mass is 10.0. The number of aromatic nitrogens is 2. The third-order valence-corrected chi connectivity index (χ3v) is 7.89. The van der Waals surface area contributed by atoms with E-state index in [9.17, 15) is 4.79 Å². The number of nitrogens with zero attached hydrogens (tertiary/aromatic N) is 4. The second-order valence-corrected chi connectivity index (χ2v) is 11.1. The number of ether oxygens (including phenoxy) is 1. The van der Waals surface area contributed by atoms with Gasteiger partial charge in [0.25, 0.3) is 0 Å². The molecule has 208 valence electrons. The molecule has 4 rings (SSSR count). The fraction of sp³-hybridized carbons (Fsp3) is 0.469. The van der Waals surface area contributed by atoms with Crippen LogP contribution in [0.4, 0.5) is 5.82 Å². The molecule has 2 heterocycles. The number of benzene rings is 2. The summed E-state index contributed by atoms with van der Waals surface area (Å²) in [5.41, 5.74) is 13.2. The van der Waals surface area contributed by atoms with Crippen LogP contribution in [0.2, 0.25) is 0 Å². The van der Waals surface area contributed by atoms with E-state index in [1.54, 1.807) is 0 Å². The molecule has 1 saturated heterocycles. The average Bonchev–Trinajstić information content (AvgIpc) is 3.37. The number of carbonyl (C=O) groups is 1. The van der Waals surface area contributed by atoms with Gasteiger partial charge in [-0.2, -0.15) is 0 Å². The summed E-state index contributed by atoms with van der Waals surface area (Å²) in [5.74, 6) is 2.68. The van der Waals surface area contributed by atoms with Gasteiger partial charge in [0.2, 0.25) is 5.91 Å². The van der Waals surface area contributed by atoms with Crippen LogP contribution in [-0.4, -0.2) is 53.0 Å². The van der Waals surface area contributed by atoms with Crippen molar-refractivity contribution in [1.29, 1.82) is 0 Å². The highest BCUT2D eigenvalue weighted by Gasteiger charge is 2.31. The molecule has 2 N–H and O–H groups in total. The second-order valence-electron chi connectivity index (χ2n) is 11.1. The first-order chi connectivity index (χ1) is 18.6. The third-order valence-electron chi connectivity index (χ3n) is 7.89. The van der Waals surface area contributed by atoms with Crippen molar-refractivity contribution in [3.8, 4) is 17.1 Å². The van der Waals surface area contributed by atoms with Crippen molar-refractivity contribution in [3.63, 3.8) is 0 Å². The number of hydrogen-bond acceptors (Lipinski definition) is 6. The molecular formula is C32H43N5O2. The standard InChI is InChI=1S/C32H43N5O2/c1-8-36(18-29(33)38)26-14-15-37(17-26)32-27(19-39-28-16-25(20(2)3)13-12-21(28)4)24(7)34-31(35-32)30-22(5)10-9-11-23(30)6/h9-13,16,20,26H,8,14-15,17-19H2,1-7H3,(H2,33,38)/t26-/m1/s1. The number of amides is 1. The Hall–Kier alpha value is -3.45. The van der Waals surface area contributed by atoms with Crippen LogP contribution >= 0.6 is 0 Å². The topological polar surface area (TPSA) is 84.6 Å². The van der Waals surface area contributed by atoms with Crippen molar-refractivity contribution in [1.82, 2.24) is 14.9 Å². The highest BCUT2D eigenvalue weighted by molar-refractivity contribution is 5.76. The molecule has 0 unspecified atom stereocenters. The first kappa shape index (κ1) is 28.6. The molecule has 7 nitrogen and oxygen atoms in total. The lowest BCUT2D eigenvalue weighted by Crippen LogP contribution is -2.42. The third kappa shape index (κ3) is 6.41. The molecule has 7 heteroatoms. The van der Waals surface area contributed by atoms with Crippen LogP contribution in [0.1, 0.15) is 66.6 Å². The van der Waals surface area contributed by atoms with E-state index in [2.05, 4.69) is 94.7 Å². The predicted octanol–water partition coefficient (Wildman–Crippen LogP) is 5.47.